The first kappa shape index (κ1) is 26.5. The van der Waals surface area contributed by atoms with Crippen LogP contribution in [0.5, 0.6) is 5.75 Å². The molecule has 3 aromatic rings. The Morgan fingerprint density at radius 3 is 2.63 bits per heavy atom. The van der Waals surface area contributed by atoms with Crippen LogP contribution in [0, 0.1) is 5.92 Å². The van der Waals surface area contributed by atoms with E-state index >= 15 is 4.11 Å². The number of carbonyl (C=O) groups is 1. The predicted molar refractivity (Wildman–Crippen MR) is 144 cm³/mol. The van der Waals surface area contributed by atoms with Crippen LogP contribution in [0.2, 0.25) is 18.6 Å². The number of aryl methyl sites for hydroxylation is 1. The molecule has 5 atom stereocenters. The van der Waals surface area contributed by atoms with Crippen molar-refractivity contribution in [3.63, 3.8) is 0 Å². The molecule has 1 saturated heterocycles. The summed E-state index contributed by atoms with van der Waals surface area (Å²) in [6.07, 6.45) is 1.83. The maximum Gasteiger partial charge on any atom is 0.264 e. The number of amides is 1. The largest absolute Gasteiger partial charge is 0.497 e. The Bertz CT molecular complexity index is 1310. The van der Waals surface area contributed by atoms with Gasteiger partial charge in [0.1, 0.15) is 5.75 Å². The lowest BCUT2D eigenvalue weighted by atomic mass is 9.82. The summed E-state index contributed by atoms with van der Waals surface area (Å²) in [5.41, 5.74) is 1.47. The number of nitrogens with zero attached hydrogens (tertiary/aromatic N) is 4. The van der Waals surface area contributed by atoms with E-state index in [0.29, 0.717) is 24.4 Å². The number of hydrogen-bond donors (Lipinski definition) is 1. The predicted octanol–water partition coefficient (Wildman–Crippen LogP) is 4.25. The van der Waals surface area contributed by atoms with Crippen molar-refractivity contribution in [2.24, 2.45) is 5.92 Å². The molecular formula is C28H35FN4O4Si. The first-order valence-corrected chi connectivity index (χ1v) is 16.0. The third-order valence-electron chi connectivity index (χ3n) is 8.24. The van der Waals surface area contributed by atoms with Crippen LogP contribution in [-0.2, 0) is 21.7 Å². The van der Waals surface area contributed by atoms with Gasteiger partial charge in [-0.25, -0.2) is 0 Å². The van der Waals surface area contributed by atoms with Crippen molar-refractivity contribution >= 4 is 20.0 Å². The van der Waals surface area contributed by atoms with Gasteiger partial charge in [-0.05, 0) is 43.3 Å². The molecule has 1 unspecified atom stereocenters. The zero-order chi connectivity index (χ0) is 27.2. The number of ether oxygens (including phenoxy) is 2. The molecule has 0 saturated carbocycles. The van der Waals surface area contributed by atoms with Crippen molar-refractivity contribution in [1.82, 2.24) is 15.0 Å². The van der Waals surface area contributed by atoms with Crippen molar-refractivity contribution in [3.8, 4) is 5.75 Å². The third-order valence-corrected chi connectivity index (χ3v) is 10.7. The van der Waals surface area contributed by atoms with Crippen molar-refractivity contribution in [3.05, 3.63) is 71.5 Å². The molecule has 1 fully saturated rings. The summed E-state index contributed by atoms with van der Waals surface area (Å²) in [7, 11) is 0.0773. The number of aliphatic hydroxyl groups excluding tert-OH is 1. The van der Waals surface area contributed by atoms with Crippen molar-refractivity contribution in [2.45, 2.75) is 56.1 Å². The van der Waals surface area contributed by atoms with Crippen LogP contribution in [0.4, 0.5) is 9.80 Å². The smallest absolute Gasteiger partial charge is 0.264 e. The first-order valence-electron chi connectivity index (χ1n) is 13.0. The molecule has 10 heteroatoms. The van der Waals surface area contributed by atoms with E-state index in [9.17, 15) is 9.90 Å². The Labute approximate surface area is 223 Å². The quantitative estimate of drug-likeness (QED) is 0.341. The van der Waals surface area contributed by atoms with Crippen LogP contribution in [0.25, 0.3) is 0 Å². The second-order valence-electron chi connectivity index (χ2n) is 10.9. The molecule has 8 nitrogen and oxygen atoms in total. The van der Waals surface area contributed by atoms with Gasteiger partial charge < -0.3 is 23.6 Å². The number of halogens is 1. The lowest BCUT2D eigenvalue weighted by Gasteiger charge is -2.31. The average molecular weight is 539 g/mol. The molecule has 1 aromatic heterocycles. The van der Waals surface area contributed by atoms with Gasteiger partial charge in [-0.3, -0.25) is 9.48 Å². The Kier molecular flexibility index (Phi) is 6.91. The Morgan fingerprint density at radius 1 is 1.24 bits per heavy atom. The maximum absolute atomic E-state index is 15.9. The summed E-state index contributed by atoms with van der Waals surface area (Å²) in [4.78, 5) is 15.3. The first-order chi connectivity index (χ1) is 18.1. The molecule has 38 heavy (non-hydrogen) atoms. The highest BCUT2D eigenvalue weighted by Gasteiger charge is 2.66. The molecule has 2 aliphatic rings. The monoisotopic (exact) mass is 538 g/mol. The van der Waals surface area contributed by atoms with E-state index in [1.54, 1.807) is 36.8 Å². The molecule has 0 radical (unpaired) electrons. The van der Waals surface area contributed by atoms with E-state index < -0.39 is 25.7 Å². The minimum absolute atomic E-state index is 0.0866. The number of hydrogen-bond acceptors (Lipinski definition) is 6. The molecule has 3 heterocycles. The van der Waals surface area contributed by atoms with Crippen LogP contribution in [0.15, 0.2) is 54.7 Å². The Balaban J connectivity index is 1.42. The summed E-state index contributed by atoms with van der Waals surface area (Å²) < 4.78 is 29.7. The standard InChI is InChI=1S/C28H35FN4O4Si/c1-18-26(38(4,5)29)25(37-28(18)22-15-20(36-3)11-12-24(22)32(2)27(28)35)13-14-33-16-23(30-31-33)21(17-34)19-9-7-6-8-10-19/h6-12,15-16,18,21,25-26,34H,13-14,17H2,1-5H3/t18-,21?,25+,26-,28+/m1/s1. The van der Waals surface area contributed by atoms with Crippen LogP contribution in [0.3, 0.4) is 0 Å². The molecule has 1 spiro atoms. The molecular weight excluding hydrogens is 503 g/mol. The van der Waals surface area contributed by atoms with E-state index in [1.807, 2.05) is 61.7 Å². The number of benzene rings is 2. The van der Waals surface area contributed by atoms with Gasteiger partial charge in [0, 0.05) is 36.8 Å². The minimum Gasteiger partial charge on any atom is -0.497 e. The van der Waals surface area contributed by atoms with Gasteiger partial charge in [-0.2, -0.15) is 0 Å². The van der Waals surface area contributed by atoms with Crippen molar-refractivity contribution < 1.29 is 23.5 Å². The molecule has 1 N–H and O–H groups in total. The summed E-state index contributed by atoms with van der Waals surface area (Å²) in [6.45, 7) is 5.69. The topological polar surface area (TPSA) is 89.7 Å². The number of anilines is 1. The number of carbonyl (C=O) groups excluding carboxylic acids is 1. The summed E-state index contributed by atoms with van der Waals surface area (Å²) in [5.74, 6) is -0.175. The van der Waals surface area contributed by atoms with Gasteiger partial charge in [-0.1, -0.05) is 42.5 Å². The lowest BCUT2D eigenvalue weighted by Crippen LogP contribution is -2.44. The van der Waals surface area contributed by atoms with Gasteiger partial charge >= 0.3 is 0 Å². The lowest BCUT2D eigenvalue weighted by molar-refractivity contribution is -0.145. The fourth-order valence-corrected chi connectivity index (χ4v) is 8.97. The van der Waals surface area contributed by atoms with E-state index in [1.165, 1.54) is 0 Å². The fourth-order valence-electron chi connectivity index (χ4n) is 6.43. The van der Waals surface area contributed by atoms with Gasteiger partial charge in [0.15, 0.2) is 5.60 Å². The Morgan fingerprint density at radius 2 is 1.97 bits per heavy atom. The number of aromatic nitrogens is 3. The SMILES string of the molecule is COc1ccc2c(c1)[C@]1(O[C@@H](CCn3cc(C(CO)c4ccccc4)nn3)[C@H]([Si](C)(C)F)[C@H]1C)C(=O)N2C. The fraction of sp³-hybridized carbons (Fsp3) is 0.464. The highest BCUT2D eigenvalue weighted by Crippen LogP contribution is 2.60. The molecule has 2 aliphatic heterocycles. The van der Waals surface area contributed by atoms with E-state index in [-0.39, 0.29) is 24.3 Å². The zero-order valence-corrected chi connectivity index (χ0v) is 23.5. The average Bonchev–Trinajstić information content (AvgIpc) is 3.55. The maximum atomic E-state index is 15.9. The third kappa shape index (κ3) is 4.24. The van der Waals surface area contributed by atoms with Crippen molar-refractivity contribution in [1.29, 1.82) is 0 Å². The number of fused-ring (bicyclic) bond motifs is 2. The second kappa shape index (κ2) is 9.90. The van der Waals surface area contributed by atoms with Crippen LogP contribution in [0.1, 0.15) is 36.1 Å². The number of rotatable bonds is 8. The molecule has 5 rings (SSSR count). The van der Waals surface area contributed by atoms with Crippen LogP contribution in [-0.4, -0.2) is 61.3 Å². The van der Waals surface area contributed by atoms with Gasteiger partial charge in [0.2, 0.25) is 8.41 Å². The van der Waals surface area contributed by atoms with Gasteiger partial charge in [0.05, 0.1) is 37.1 Å². The second-order valence-corrected chi connectivity index (χ2v) is 14.7. The highest BCUT2D eigenvalue weighted by atomic mass is 28.4. The molecule has 1 amide bonds. The van der Waals surface area contributed by atoms with Gasteiger partial charge in [0.25, 0.3) is 5.91 Å². The van der Waals surface area contributed by atoms with Crippen molar-refractivity contribution in [2.75, 3.05) is 25.7 Å². The number of methoxy groups -OCH3 is 1. The van der Waals surface area contributed by atoms with E-state index in [2.05, 4.69) is 10.3 Å². The Hall–Kier alpha value is -3.08. The van der Waals surface area contributed by atoms with Crippen LogP contribution >= 0.6 is 0 Å². The zero-order valence-electron chi connectivity index (χ0n) is 22.5. The van der Waals surface area contributed by atoms with E-state index in [4.69, 9.17) is 9.47 Å². The normalized spacial score (nSPS) is 25.7. The molecule has 202 valence electrons. The summed E-state index contributed by atoms with van der Waals surface area (Å²) in [5, 5.41) is 18.6. The highest BCUT2D eigenvalue weighted by molar-refractivity contribution is 6.72. The molecule has 0 aliphatic carbocycles. The molecule has 0 bridgehead atoms. The number of likely N-dealkylation sites (N-methyl/N-ethyl adjacent to an activating group) is 1. The van der Waals surface area contributed by atoms with Crippen LogP contribution < -0.4 is 9.64 Å². The van der Waals surface area contributed by atoms with Gasteiger partial charge in [-0.15, -0.1) is 5.10 Å². The number of aliphatic hydroxyl groups is 1. The summed E-state index contributed by atoms with van der Waals surface area (Å²) >= 11 is 0. The van der Waals surface area contributed by atoms with E-state index in [0.717, 1.165) is 16.8 Å². The minimum atomic E-state index is -3.24. The summed E-state index contributed by atoms with van der Waals surface area (Å²) in [6, 6.07) is 15.2. The molecule has 2 aromatic carbocycles.